The van der Waals surface area contributed by atoms with Gasteiger partial charge in [-0.1, -0.05) is 18.2 Å². The number of nitrogens with zero attached hydrogens (tertiary/aromatic N) is 2. The summed E-state index contributed by atoms with van der Waals surface area (Å²) in [4.78, 5) is 20.6. The number of amides is 1. The van der Waals surface area contributed by atoms with E-state index in [2.05, 4.69) is 20.6 Å². The van der Waals surface area contributed by atoms with E-state index in [-0.39, 0.29) is 11.6 Å². The Morgan fingerprint density at radius 1 is 0.885 bits per heavy atom. The molecule has 1 aliphatic heterocycles. The van der Waals surface area contributed by atoms with E-state index >= 15 is 0 Å². The first-order valence-corrected chi connectivity index (χ1v) is 8.13. The van der Waals surface area contributed by atoms with Crippen molar-refractivity contribution in [3.8, 4) is 11.5 Å². The van der Waals surface area contributed by atoms with Gasteiger partial charge in [0.1, 0.15) is 24.7 Å². The first kappa shape index (κ1) is 15.9. The summed E-state index contributed by atoms with van der Waals surface area (Å²) in [5.74, 6) is 1.63. The molecule has 2 N–H and O–H groups in total. The number of fused-ring (bicyclic) bond motifs is 1. The summed E-state index contributed by atoms with van der Waals surface area (Å²) in [5, 5.41) is 5.90. The summed E-state index contributed by atoms with van der Waals surface area (Å²) in [6.07, 6.45) is 2.94. The van der Waals surface area contributed by atoms with Gasteiger partial charge in [-0.3, -0.25) is 4.79 Å². The Labute approximate surface area is 150 Å². The predicted molar refractivity (Wildman–Crippen MR) is 97.1 cm³/mol. The third-order valence-electron chi connectivity index (χ3n) is 3.73. The van der Waals surface area contributed by atoms with Crippen LogP contribution in [0.15, 0.2) is 60.9 Å². The molecule has 7 nitrogen and oxygen atoms in total. The van der Waals surface area contributed by atoms with Crippen molar-refractivity contribution in [3.63, 3.8) is 0 Å². The first-order chi connectivity index (χ1) is 12.8. The average molecular weight is 348 g/mol. The van der Waals surface area contributed by atoms with Gasteiger partial charge in [0.2, 0.25) is 0 Å². The Morgan fingerprint density at radius 3 is 2.46 bits per heavy atom. The van der Waals surface area contributed by atoms with Crippen molar-refractivity contribution < 1.29 is 14.3 Å². The highest BCUT2D eigenvalue weighted by molar-refractivity contribution is 6.02. The number of ether oxygens (including phenoxy) is 2. The number of nitrogens with one attached hydrogen (secondary N) is 2. The maximum absolute atomic E-state index is 12.2. The molecule has 1 amide bonds. The van der Waals surface area contributed by atoms with E-state index in [1.54, 1.807) is 0 Å². The van der Waals surface area contributed by atoms with Crippen LogP contribution in [-0.2, 0) is 0 Å². The smallest absolute Gasteiger partial charge is 0.275 e. The minimum absolute atomic E-state index is 0.238. The maximum atomic E-state index is 12.2. The molecular weight excluding hydrogens is 332 g/mol. The Hall–Kier alpha value is -3.61. The number of carbonyl (C=O) groups is 1. The molecule has 0 aliphatic carbocycles. The molecule has 3 aromatic rings. The van der Waals surface area contributed by atoms with Gasteiger partial charge in [-0.2, -0.15) is 0 Å². The molecule has 1 aliphatic rings. The van der Waals surface area contributed by atoms with Crippen LogP contribution in [0.5, 0.6) is 11.5 Å². The van der Waals surface area contributed by atoms with Crippen LogP contribution in [-0.4, -0.2) is 29.1 Å². The minimum Gasteiger partial charge on any atom is -0.486 e. The van der Waals surface area contributed by atoms with Crippen LogP contribution in [0.2, 0.25) is 0 Å². The Bertz CT molecular complexity index is 914. The SMILES string of the molecule is O=C(Nc1ccccc1)c1cnc(Nc2ccc3c(c2)OCCO3)cn1. The second-order valence-corrected chi connectivity index (χ2v) is 5.59. The number of rotatable bonds is 4. The zero-order valence-electron chi connectivity index (χ0n) is 13.8. The molecule has 0 fully saturated rings. The molecular formula is C19H16N4O3. The van der Waals surface area contributed by atoms with Crippen molar-refractivity contribution in [2.75, 3.05) is 23.8 Å². The summed E-state index contributed by atoms with van der Waals surface area (Å²) < 4.78 is 11.0. The number of aromatic nitrogens is 2. The Kier molecular flexibility index (Phi) is 4.34. The molecule has 0 saturated carbocycles. The second-order valence-electron chi connectivity index (χ2n) is 5.59. The van der Waals surface area contributed by atoms with Crippen LogP contribution in [0.1, 0.15) is 10.5 Å². The van der Waals surface area contributed by atoms with Crippen LogP contribution in [0.4, 0.5) is 17.2 Å². The van der Waals surface area contributed by atoms with Crippen molar-refractivity contribution in [3.05, 3.63) is 66.6 Å². The summed E-state index contributed by atoms with van der Waals surface area (Å²) in [5.41, 5.74) is 1.74. The topological polar surface area (TPSA) is 85.4 Å². The van der Waals surface area contributed by atoms with E-state index in [1.807, 2.05) is 48.5 Å². The fourth-order valence-electron chi connectivity index (χ4n) is 2.50. The van der Waals surface area contributed by atoms with Gasteiger partial charge >= 0.3 is 0 Å². The van der Waals surface area contributed by atoms with E-state index in [1.165, 1.54) is 12.4 Å². The molecule has 7 heteroatoms. The standard InChI is InChI=1S/C19H16N4O3/c24-19(23-13-4-2-1-3-5-13)15-11-21-18(12-20-15)22-14-6-7-16-17(10-14)26-9-8-25-16/h1-7,10-12H,8-9H2,(H,21,22)(H,23,24). The summed E-state index contributed by atoms with van der Waals surface area (Å²) >= 11 is 0. The predicted octanol–water partition coefficient (Wildman–Crippen LogP) is 3.24. The molecule has 4 rings (SSSR count). The monoisotopic (exact) mass is 348 g/mol. The first-order valence-electron chi connectivity index (χ1n) is 8.13. The lowest BCUT2D eigenvalue weighted by Gasteiger charge is -2.19. The van der Waals surface area contributed by atoms with Crippen LogP contribution in [0, 0.1) is 0 Å². The maximum Gasteiger partial charge on any atom is 0.275 e. The average Bonchev–Trinajstić information content (AvgIpc) is 2.69. The van der Waals surface area contributed by atoms with E-state index in [4.69, 9.17) is 9.47 Å². The quantitative estimate of drug-likeness (QED) is 0.753. The summed E-state index contributed by atoms with van der Waals surface area (Å²) in [6.45, 7) is 1.08. The third-order valence-corrected chi connectivity index (χ3v) is 3.73. The lowest BCUT2D eigenvalue weighted by molar-refractivity contribution is 0.102. The van der Waals surface area contributed by atoms with Crippen molar-refractivity contribution in [1.82, 2.24) is 9.97 Å². The Morgan fingerprint density at radius 2 is 1.69 bits per heavy atom. The highest BCUT2D eigenvalue weighted by Gasteiger charge is 2.12. The number of anilines is 3. The summed E-state index contributed by atoms with van der Waals surface area (Å²) in [7, 11) is 0. The lowest BCUT2D eigenvalue weighted by Crippen LogP contribution is -2.15. The number of hydrogen-bond donors (Lipinski definition) is 2. The summed E-state index contributed by atoms with van der Waals surface area (Å²) in [6, 6.07) is 14.7. The molecule has 0 unspecified atom stereocenters. The highest BCUT2D eigenvalue weighted by atomic mass is 16.6. The molecule has 1 aromatic heterocycles. The van der Waals surface area contributed by atoms with Gasteiger partial charge in [-0.15, -0.1) is 0 Å². The zero-order chi connectivity index (χ0) is 17.8. The molecule has 2 heterocycles. The molecule has 26 heavy (non-hydrogen) atoms. The van der Waals surface area contributed by atoms with E-state index < -0.39 is 0 Å². The fraction of sp³-hybridized carbons (Fsp3) is 0.105. The zero-order valence-corrected chi connectivity index (χ0v) is 13.8. The minimum atomic E-state index is -0.311. The molecule has 0 saturated heterocycles. The molecule has 0 atom stereocenters. The second kappa shape index (κ2) is 7.10. The van der Waals surface area contributed by atoms with Crippen LogP contribution in [0.25, 0.3) is 0 Å². The van der Waals surface area contributed by atoms with Gasteiger partial charge in [-0.25, -0.2) is 9.97 Å². The van der Waals surface area contributed by atoms with Crippen LogP contribution < -0.4 is 20.1 Å². The number of hydrogen-bond acceptors (Lipinski definition) is 6. The van der Waals surface area contributed by atoms with Crippen molar-refractivity contribution >= 4 is 23.1 Å². The number of carbonyl (C=O) groups excluding carboxylic acids is 1. The van der Waals surface area contributed by atoms with Crippen LogP contribution >= 0.6 is 0 Å². The van der Waals surface area contributed by atoms with Crippen molar-refractivity contribution in [2.24, 2.45) is 0 Å². The van der Waals surface area contributed by atoms with E-state index in [9.17, 15) is 4.79 Å². The van der Waals surface area contributed by atoms with Gasteiger partial charge in [0.15, 0.2) is 11.5 Å². The molecule has 0 bridgehead atoms. The number of para-hydroxylation sites is 1. The van der Waals surface area contributed by atoms with Gasteiger partial charge in [0.25, 0.3) is 5.91 Å². The largest absolute Gasteiger partial charge is 0.486 e. The van der Waals surface area contributed by atoms with Gasteiger partial charge in [0, 0.05) is 17.4 Å². The molecule has 130 valence electrons. The van der Waals surface area contributed by atoms with E-state index in [0.29, 0.717) is 30.5 Å². The van der Waals surface area contributed by atoms with Gasteiger partial charge in [0.05, 0.1) is 12.4 Å². The lowest BCUT2D eigenvalue weighted by atomic mass is 10.2. The molecule has 2 aromatic carbocycles. The van der Waals surface area contributed by atoms with Gasteiger partial charge in [-0.05, 0) is 24.3 Å². The molecule has 0 radical (unpaired) electrons. The highest BCUT2D eigenvalue weighted by Crippen LogP contribution is 2.33. The van der Waals surface area contributed by atoms with E-state index in [0.717, 1.165) is 11.4 Å². The van der Waals surface area contributed by atoms with Crippen molar-refractivity contribution in [1.29, 1.82) is 0 Å². The third kappa shape index (κ3) is 3.56. The Balaban J connectivity index is 1.43. The number of benzene rings is 2. The van der Waals surface area contributed by atoms with Crippen molar-refractivity contribution in [2.45, 2.75) is 0 Å². The molecule has 0 spiro atoms. The van der Waals surface area contributed by atoms with Crippen LogP contribution in [0.3, 0.4) is 0 Å². The van der Waals surface area contributed by atoms with Gasteiger partial charge < -0.3 is 20.1 Å². The normalized spacial score (nSPS) is 12.3. The fourth-order valence-corrected chi connectivity index (χ4v) is 2.50.